The van der Waals surface area contributed by atoms with Crippen molar-refractivity contribution in [2.45, 2.75) is 75.3 Å². The second-order valence-corrected chi connectivity index (χ2v) is 15.3. The number of hydrogen-bond acceptors (Lipinski definition) is 9. The van der Waals surface area contributed by atoms with Gasteiger partial charge in [0.2, 0.25) is 5.88 Å². The Labute approximate surface area is 282 Å². The highest BCUT2D eigenvalue weighted by molar-refractivity contribution is 7.90. The molecule has 2 N–H and O–H groups in total. The zero-order chi connectivity index (χ0) is 33.1. The van der Waals surface area contributed by atoms with Crippen molar-refractivity contribution < 1.29 is 17.9 Å². The van der Waals surface area contributed by atoms with Crippen LogP contribution in [0.15, 0.2) is 78.0 Å². The van der Waals surface area contributed by atoms with Gasteiger partial charge in [0, 0.05) is 30.9 Å². The van der Waals surface area contributed by atoms with E-state index in [1.807, 2.05) is 24.3 Å². The van der Waals surface area contributed by atoms with Gasteiger partial charge in [0.25, 0.3) is 15.9 Å². The molecule has 2 unspecified atom stereocenters. The number of sulfonamides is 1. The quantitative estimate of drug-likeness (QED) is 0.252. The van der Waals surface area contributed by atoms with Crippen molar-refractivity contribution in [2.75, 3.05) is 29.9 Å². The lowest BCUT2D eigenvalue weighted by molar-refractivity contribution is 0.0981. The van der Waals surface area contributed by atoms with Gasteiger partial charge in [-0.2, -0.15) is 8.42 Å². The Morgan fingerprint density at radius 2 is 1.79 bits per heavy atom. The number of nitrogens with zero attached hydrogens (tertiary/aromatic N) is 5. The number of ether oxygens (including phenoxy) is 1. The monoisotopic (exact) mass is 669 g/mol. The molecule has 1 saturated heterocycles. The van der Waals surface area contributed by atoms with Crippen LogP contribution in [0.3, 0.4) is 0 Å². The van der Waals surface area contributed by atoms with Crippen molar-refractivity contribution >= 4 is 27.6 Å². The maximum Gasteiger partial charge on any atom is 0.281 e. The van der Waals surface area contributed by atoms with Gasteiger partial charge < -0.3 is 15.0 Å². The van der Waals surface area contributed by atoms with E-state index in [9.17, 15) is 13.2 Å². The first-order valence-electron chi connectivity index (χ1n) is 17.1. The summed E-state index contributed by atoms with van der Waals surface area (Å²) >= 11 is 0. The average molecular weight is 670 g/mol. The number of hydrogen-bond donors (Lipinski definition) is 2. The molecule has 2 atom stereocenters. The predicted molar refractivity (Wildman–Crippen MR) is 184 cm³/mol. The Bertz CT molecular complexity index is 1860. The molecule has 0 radical (unpaired) electrons. The van der Waals surface area contributed by atoms with Crippen molar-refractivity contribution in [3.8, 4) is 11.7 Å². The largest absolute Gasteiger partial charge is 0.477 e. The molecule has 1 amide bonds. The molecule has 48 heavy (non-hydrogen) atoms. The summed E-state index contributed by atoms with van der Waals surface area (Å²) in [5.41, 5.74) is 0.967. The molecule has 1 saturated carbocycles. The smallest absolute Gasteiger partial charge is 0.281 e. The fourth-order valence-corrected chi connectivity index (χ4v) is 8.54. The number of benzene rings is 1. The van der Waals surface area contributed by atoms with Crippen LogP contribution in [-0.4, -0.2) is 59.3 Å². The Hall–Kier alpha value is -4.45. The SMILES string of the molecule is CC1(Cc2ccccc2)CC2CCCNc3cccc(n3)S(=O)(=O)NC(=O)c3ccc(-n4ccc(OCCC5CCCC5)n4)nc3N1C2. The number of carbonyl (C=O) groups excluding carboxylic acids is 1. The first-order valence-corrected chi connectivity index (χ1v) is 18.5. The summed E-state index contributed by atoms with van der Waals surface area (Å²) in [6, 6.07) is 20.2. The Morgan fingerprint density at radius 1 is 0.958 bits per heavy atom. The molecule has 4 bridgehead atoms. The van der Waals surface area contributed by atoms with Crippen LogP contribution in [0.4, 0.5) is 11.6 Å². The topological polar surface area (TPSA) is 131 Å². The molecular weight excluding hydrogens is 627 g/mol. The van der Waals surface area contributed by atoms with Crippen LogP contribution in [0.5, 0.6) is 5.88 Å². The first kappa shape index (κ1) is 32.1. The van der Waals surface area contributed by atoms with Crippen LogP contribution in [0.25, 0.3) is 5.82 Å². The minimum atomic E-state index is -4.27. The van der Waals surface area contributed by atoms with E-state index in [4.69, 9.17) is 9.72 Å². The minimum Gasteiger partial charge on any atom is -0.477 e. The van der Waals surface area contributed by atoms with Gasteiger partial charge in [-0.05, 0) is 80.7 Å². The molecule has 11 nitrogen and oxygen atoms in total. The van der Waals surface area contributed by atoms with Gasteiger partial charge in [0.15, 0.2) is 10.8 Å². The molecule has 5 heterocycles. The molecule has 0 spiro atoms. The maximum atomic E-state index is 13.9. The molecule has 1 aromatic carbocycles. The fourth-order valence-electron chi connectivity index (χ4n) is 7.60. The number of aromatic nitrogens is 4. The average Bonchev–Trinajstić information content (AvgIpc) is 3.84. The highest BCUT2D eigenvalue weighted by atomic mass is 32.2. The molecule has 4 aromatic rings. The van der Waals surface area contributed by atoms with E-state index in [0.717, 1.165) is 38.0 Å². The standard InChI is InChI=1S/C36H43N7O4S/c1-36(23-27-11-3-2-4-12-27)24-28-13-8-20-37-30-14-7-15-33(38-30)48(45,46)41-35(44)29-16-17-31(39-34(29)42(36)25-28)43-21-18-32(40-43)47-22-19-26-9-5-6-10-26/h2-4,7,11-12,14-18,21,26,28H,5-6,8-10,13,19-20,22-25H2,1H3,(H,37,38)(H,41,44). The lowest BCUT2D eigenvalue weighted by Crippen LogP contribution is -2.45. The van der Waals surface area contributed by atoms with Gasteiger partial charge in [-0.15, -0.1) is 5.10 Å². The number of rotatable bonds is 7. The summed E-state index contributed by atoms with van der Waals surface area (Å²) in [4.78, 5) is 25.5. The Balaban J connectivity index is 1.25. The molecular formula is C36H43N7O4S. The summed E-state index contributed by atoms with van der Waals surface area (Å²) < 4.78 is 36.8. The van der Waals surface area contributed by atoms with E-state index in [0.29, 0.717) is 48.9 Å². The van der Waals surface area contributed by atoms with Gasteiger partial charge in [-0.1, -0.05) is 62.1 Å². The van der Waals surface area contributed by atoms with E-state index in [1.54, 1.807) is 35.1 Å². The number of carbonyl (C=O) groups is 1. The van der Waals surface area contributed by atoms with Crippen molar-refractivity contribution in [3.63, 3.8) is 0 Å². The van der Waals surface area contributed by atoms with Crippen LogP contribution in [0, 0.1) is 11.8 Å². The summed E-state index contributed by atoms with van der Waals surface area (Å²) in [6.07, 6.45) is 11.4. The molecule has 3 aromatic heterocycles. The van der Waals surface area contributed by atoms with E-state index < -0.39 is 15.9 Å². The molecule has 2 fully saturated rings. The molecule has 7 rings (SSSR count). The number of pyridine rings is 2. The zero-order valence-corrected chi connectivity index (χ0v) is 28.2. The van der Waals surface area contributed by atoms with Crippen LogP contribution < -0.4 is 19.7 Å². The van der Waals surface area contributed by atoms with Gasteiger partial charge in [0.05, 0.1) is 12.2 Å². The van der Waals surface area contributed by atoms with Crippen molar-refractivity contribution in [3.05, 3.63) is 84.1 Å². The molecule has 252 valence electrons. The normalized spacial score (nSPS) is 22.6. The Kier molecular flexibility index (Phi) is 9.09. The third-order valence-electron chi connectivity index (χ3n) is 9.98. The maximum absolute atomic E-state index is 13.9. The van der Waals surface area contributed by atoms with E-state index in [1.165, 1.54) is 37.3 Å². The van der Waals surface area contributed by atoms with Crippen LogP contribution in [0.2, 0.25) is 0 Å². The summed E-state index contributed by atoms with van der Waals surface area (Å²) in [7, 11) is -4.27. The molecule has 2 aliphatic heterocycles. The minimum absolute atomic E-state index is 0.173. The molecule has 12 heteroatoms. The number of fused-ring (bicyclic) bond motifs is 6. The first-order chi connectivity index (χ1) is 23.3. The summed E-state index contributed by atoms with van der Waals surface area (Å²) in [5, 5.41) is 7.68. The highest BCUT2D eigenvalue weighted by Crippen LogP contribution is 2.42. The van der Waals surface area contributed by atoms with Gasteiger partial charge >= 0.3 is 0 Å². The van der Waals surface area contributed by atoms with E-state index in [2.05, 4.69) is 44.1 Å². The van der Waals surface area contributed by atoms with Gasteiger partial charge in [0.1, 0.15) is 11.6 Å². The number of anilines is 2. The summed E-state index contributed by atoms with van der Waals surface area (Å²) in [6.45, 7) is 4.16. The molecule has 3 aliphatic rings. The predicted octanol–water partition coefficient (Wildman–Crippen LogP) is 5.77. The van der Waals surface area contributed by atoms with Crippen LogP contribution in [-0.2, 0) is 16.4 Å². The van der Waals surface area contributed by atoms with E-state index >= 15 is 0 Å². The number of nitrogens with one attached hydrogen (secondary N) is 2. The van der Waals surface area contributed by atoms with E-state index in [-0.39, 0.29) is 16.1 Å². The fraction of sp³-hybridized carbons (Fsp3) is 0.444. The van der Waals surface area contributed by atoms with Gasteiger partial charge in [-0.25, -0.2) is 19.4 Å². The van der Waals surface area contributed by atoms with Crippen molar-refractivity contribution in [1.82, 2.24) is 24.5 Å². The van der Waals surface area contributed by atoms with Crippen molar-refractivity contribution in [1.29, 1.82) is 0 Å². The van der Waals surface area contributed by atoms with Crippen LogP contribution in [0.1, 0.15) is 74.2 Å². The second kappa shape index (κ2) is 13.6. The highest BCUT2D eigenvalue weighted by Gasteiger charge is 2.44. The third kappa shape index (κ3) is 7.03. The summed E-state index contributed by atoms with van der Waals surface area (Å²) in [5.74, 6) is 2.21. The van der Waals surface area contributed by atoms with Crippen LogP contribution >= 0.6 is 0 Å². The number of amides is 1. The lowest BCUT2D eigenvalue weighted by atomic mass is 9.86. The van der Waals surface area contributed by atoms with Crippen molar-refractivity contribution in [2.24, 2.45) is 11.8 Å². The lowest BCUT2D eigenvalue weighted by Gasteiger charge is -2.37. The zero-order valence-electron chi connectivity index (χ0n) is 27.3. The van der Waals surface area contributed by atoms with Gasteiger partial charge in [-0.3, -0.25) is 4.79 Å². The second-order valence-electron chi connectivity index (χ2n) is 13.6. The Morgan fingerprint density at radius 3 is 2.62 bits per heavy atom. The third-order valence-corrected chi connectivity index (χ3v) is 11.2. The molecule has 1 aliphatic carbocycles.